The summed E-state index contributed by atoms with van der Waals surface area (Å²) in [5, 5.41) is 17.8. The van der Waals surface area contributed by atoms with Crippen LogP contribution in [0.2, 0.25) is 0 Å². The third-order valence-corrected chi connectivity index (χ3v) is 1.96. The zero-order valence-electron chi connectivity index (χ0n) is 11.4. The number of rotatable bonds is 6. The summed E-state index contributed by atoms with van der Waals surface area (Å²) in [5.74, 6) is -5.13. The fraction of sp³-hybridized carbons (Fsp3) is 0.600. The minimum absolute atomic E-state index is 0.0386. The molecule has 0 aliphatic heterocycles. The summed E-state index contributed by atoms with van der Waals surface area (Å²) < 4.78 is 31.7. The molecule has 2 amide bonds. The van der Waals surface area contributed by atoms with E-state index in [-0.39, 0.29) is 12.8 Å². The molecule has 12 heteroatoms. The van der Waals surface area contributed by atoms with Crippen molar-refractivity contribution in [2.24, 2.45) is 11.5 Å². The maximum absolute atomic E-state index is 11.1. The summed E-state index contributed by atoms with van der Waals surface area (Å²) in [7, 11) is 0. The average molecular weight is 331 g/mol. The van der Waals surface area contributed by atoms with Gasteiger partial charge in [0, 0.05) is 6.42 Å². The van der Waals surface area contributed by atoms with Crippen LogP contribution in [0.4, 0.5) is 13.2 Å². The smallest absolute Gasteiger partial charge is 0.481 e. The van der Waals surface area contributed by atoms with Gasteiger partial charge in [-0.3, -0.25) is 14.4 Å². The van der Waals surface area contributed by atoms with Crippen LogP contribution in [0.1, 0.15) is 19.8 Å². The molecule has 22 heavy (non-hydrogen) atoms. The fourth-order valence-corrected chi connectivity index (χ4v) is 0.857. The molecule has 0 spiro atoms. The molecule has 9 nitrogen and oxygen atoms in total. The van der Waals surface area contributed by atoms with Crippen LogP contribution in [-0.4, -0.2) is 52.2 Å². The molecule has 7 N–H and O–H groups in total. The van der Waals surface area contributed by atoms with Crippen molar-refractivity contribution in [1.82, 2.24) is 5.32 Å². The topological polar surface area (TPSA) is 173 Å². The molecule has 0 fully saturated rings. The Morgan fingerprint density at radius 2 is 1.59 bits per heavy atom. The van der Waals surface area contributed by atoms with Crippen LogP contribution < -0.4 is 16.8 Å². The zero-order valence-corrected chi connectivity index (χ0v) is 11.4. The van der Waals surface area contributed by atoms with Gasteiger partial charge in [0.2, 0.25) is 11.8 Å². The zero-order chi connectivity index (χ0) is 18.1. The van der Waals surface area contributed by atoms with Gasteiger partial charge in [0.15, 0.2) is 0 Å². The van der Waals surface area contributed by atoms with E-state index < -0.39 is 42.0 Å². The molecule has 0 rings (SSSR count). The van der Waals surface area contributed by atoms with E-state index in [1.54, 1.807) is 0 Å². The Kier molecular flexibility index (Phi) is 9.51. The second-order valence-corrected chi connectivity index (χ2v) is 3.99. The number of hydrogen-bond acceptors (Lipinski definition) is 5. The monoisotopic (exact) mass is 331 g/mol. The number of primary amides is 1. The van der Waals surface area contributed by atoms with E-state index in [9.17, 15) is 27.6 Å². The lowest BCUT2D eigenvalue weighted by Gasteiger charge is -2.15. The van der Waals surface area contributed by atoms with Gasteiger partial charge in [0.05, 0.1) is 6.04 Å². The van der Waals surface area contributed by atoms with Crippen LogP contribution >= 0.6 is 0 Å². The maximum atomic E-state index is 11.1. The molecule has 2 unspecified atom stereocenters. The lowest BCUT2D eigenvalue weighted by atomic mass is 10.1. The normalized spacial score (nSPS) is 13.1. The summed E-state index contributed by atoms with van der Waals surface area (Å²) in [6.07, 6.45) is -5.37. The number of carbonyl (C=O) groups excluding carboxylic acids is 2. The van der Waals surface area contributed by atoms with Crippen LogP contribution in [0.25, 0.3) is 0 Å². The number of nitrogens with one attached hydrogen (secondary N) is 1. The lowest BCUT2D eigenvalue weighted by molar-refractivity contribution is -0.192. The van der Waals surface area contributed by atoms with Gasteiger partial charge >= 0.3 is 18.1 Å². The number of amides is 2. The lowest BCUT2D eigenvalue weighted by Crippen LogP contribution is -2.49. The van der Waals surface area contributed by atoms with E-state index in [4.69, 9.17) is 26.5 Å². The van der Waals surface area contributed by atoms with Crippen molar-refractivity contribution in [3.63, 3.8) is 0 Å². The first-order valence-electron chi connectivity index (χ1n) is 5.66. The standard InChI is InChI=1S/C8H15N3O4.C2HF3O2/c1-4(9)8(15)11-5(7(10)14)2-3-6(12)13;3-2(4,5)1(6)7/h4-5H,2-3,9H2,1H3,(H2,10,14)(H,11,15)(H,12,13);(H,6,7). The molecule has 0 aliphatic carbocycles. The summed E-state index contributed by atoms with van der Waals surface area (Å²) in [6, 6.07) is -1.75. The van der Waals surface area contributed by atoms with Crippen molar-refractivity contribution < 1.29 is 42.6 Å². The molecular weight excluding hydrogens is 315 g/mol. The SMILES string of the molecule is CC(N)C(=O)NC(CCC(=O)O)C(N)=O.O=C(O)C(F)(F)F. The third kappa shape index (κ3) is 11.5. The van der Waals surface area contributed by atoms with Crippen molar-refractivity contribution in [3.05, 3.63) is 0 Å². The van der Waals surface area contributed by atoms with E-state index >= 15 is 0 Å². The second kappa shape index (κ2) is 9.55. The Morgan fingerprint density at radius 3 is 1.82 bits per heavy atom. The molecule has 0 saturated heterocycles. The van der Waals surface area contributed by atoms with Gasteiger partial charge in [0.1, 0.15) is 6.04 Å². The van der Waals surface area contributed by atoms with Crippen molar-refractivity contribution >= 4 is 23.8 Å². The average Bonchev–Trinajstić information content (AvgIpc) is 2.32. The Balaban J connectivity index is 0. The van der Waals surface area contributed by atoms with Crippen LogP contribution in [0, 0.1) is 0 Å². The largest absolute Gasteiger partial charge is 0.490 e. The summed E-state index contributed by atoms with van der Waals surface area (Å²) in [6.45, 7) is 1.45. The molecule has 0 aromatic heterocycles. The minimum atomic E-state index is -5.08. The van der Waals surface area contributed by atoms with Crippen LogP contribution in [0.5, 0.6) is 0 Å². The quantitative estimate of drug-likeness (QED) is 0.406. The van der Waals surface area contributed by atoms with Gasteiger partial charge in [-0.05, 0) is 13.3 Å². The Morgan fingerprint density at radius 1 is 1.18 bits per heavy atom. The van der Waals surface area contributed by atoms with Crippen LogP contribution in [0.15, 0.2) is 0 Å². The molecule has 0 heterocycles. The Labute approximate surface area is 122 Å². The van der Waals surface area contributed by atoms with Crippen LogP contribution in [-0.2, 0) is 19.2 Å². The summed E-state index contributed by atoms with van der Waals surface area (Å²) in [5.41, 5.74) is 10.2. The fourth-order valence-electron chi connectivity index (χ4n) is 0.857. The van der Waals surface area contributed by atoms with E-state index in [0.717, 1.165) is 0 Å². The first kappa shape index (κ1) is 21.9. The van der Waals surface area contributed by atoms with Gasteiger partial charge in [-0.25, -0.2) is 4.79 Å². The Hall–Kier alpha value is -2.37. The second-order valence-electron chi connectivity index (χ2n) is 3.99. The number of carboxylic acid groups (broad SMARTS) is 2. The summed E-state index contributed by atoms with van der Waals surface area (Å²) >= 11 is 0. The van der Waals surface area contributed by atoms with E-state index in [1.807, 2.05) is 0 Å². The molecular formula is C10H16F3N3O6. The molecule has 0 aliphatic rings. The van der Waals surface area contributed by atoms with E-state index in [1.165, 1.54) is 6.92 Å². The highest BCUT2D eigenvalue weighted by atomic mass is 19.4. The van der Waals surface area contributed by atoms with Crippen molar-refractivity contribution in [1.29, 1.82) is 0 Å². The molecule has 0 aromatic carbocycles. The Bertz CT molecular complexity index is 425. The van der Waals surface area contributed by atoms with Gasteiger partial charge in [-0.1, -0.05) is 0 Å². The highest BCUT2D eigenvalue weighted by Crippen LogP contribution is 2.13. The third-order valence-electron chi connectivity index (χ3n) is 1.96. The first-order chi connectivity index (χ1) is 9.78. The van der Waals surface area contributed by atoms with E-state index in [2.05, 4.69) is 5.32 Å². The van der Waals surface area contributed by atoms with Crippen molar-refractivity contribution in [2.75, 3.05) is 0 Å². The molecule has 0 radical (unpaired) electrons. The number of carbonyl (C=O) groups is 4. The number of alkyl halides is 3. The highest BCUT2D eigenvalue weighted by molar-refractivity contribution is 5.88. The minimum Gasteiger partial charge on any atom is -0.481 e. The molecule has 0 saturated carbocycles. The summed E-state index contributed by atoms with van der Waals surface area (Å²) in [4.78, 5) is 41.1. The van der Waals surface area contributed by atoms with Crippen LogP contribution in [0.3, 0.4) is 0 Å². The number of carboxylic acids is 2. The van der Waals surface area contributed by atoms with E-state index in [0.29, 0.717) is 0 Å². The van der Waals surface area contributed by atoms with Gasteiger partial charge in [-0.2, -0.15) is 13.2 Å². The van der Waals surface area contributed by atoms with Gasteiger partial charge in [-0.15, -0.1) is 0 Å². The number of nitrogens with two attached hydrogens (primary N) is 2. The molecule has 128 valence electrons. The first-order valence-corrected chi connectivity index (χ1v) is 5.66. The predicted molar refractivity (Wildman–Crippen MR) is 65.3 cm³/mol. The van der Waals surface area contributed by atoms with Crippen molar-refractivity contribution in [3.8, 4) is 0 Å². The number of hydrogen-bond donors (Lipinski definition) is 5. The molecule has 0 aromatic rings. The van der Waals surface area contributed by atoms with Gasteiger partial charge < -0.3 is 27.0 Å². The number of halogens is 3. The highest BCUT2D eigenvalue weighted by Gasteiger charge is 2.38. The molecule has 2 atom stereocenters. The molecule has 0 bridgehead atoms. The number of aliphatic carboxylic acids is 2. The predicted octanol–water partition coefficient (Wildman–Crippen LogP) is -1.20. The maximum Gasteiger partial charge on any atom is 0.490 e. The van der Waals surface area contributed by atoms with Crippen molar-refractivity contribution in [2.45, 2.75) is 38.0 Å². The van der Waals surface area contributed by atoms with Gasteiger partial charge in [0.25, 0.3) is 0 Å².